The normalized spacial score (nSPS) is 10.8. The maximum absolute atomic E-state index is 5.78. The molecule has 2 aromatic rings. The van der Waals surface area contributed by atoms with Crippen molar-refractivity contribution >= 4 is 34.7 Å². The van der Waals surface area contributed by atoms with Crippen molar-refractivity contribution < 1.29 is 0 Å². The number of fused-ring (bicyclic) bond motifs is 1. The zero-order chi connectivity index (χ0) is 8.72. The van der Waals surface area contributed by atoms with Crippen molar-refractivity contribution in [3.63, 3.8) is 0 Å². The van der Waals surface area contributed by atoms with Gasteiger partial charge in [-0.05, 0) is 12.1 Å². The van der Waals surface area contributed by atoms with Crippen LogP contribution >= 0.6 is 23.2 Å². The van der Waals surface area contributed by atoms with Crippen molar-refractivity contribution in [2.24, 2.45) is 0 Å². The van der Waals surface area contributed by atoms with E-state index in [1.807, 2.05) is 0 Å². The number of halogens is 2. The molecular weight excluding hydrogens is 197 g/mol. The minimum Gasteiger partial charge on any atom is -0.369 e. The Bertz CT molecular complexity index is 435. The zero-order valence-electron chi connectivity index (χ0n) is 5.96. The molecule has 0 saturated heterocycles. The van der Waals surface area contributed by atoms with E-state index in [-0.39, 0.29) is 0 Å². The number of aromatic nitrogens is 2. The van der Waals surface area contributed by atoms with Crippen molar-refractivity contribution in [3.8, 4) is 0 Å². The molecule has 62 valence electrons. The smallest absolute Gasteiger partial charge is 0.206 e. The van der Waals surface area contributed by atoms with Crippen LogP contribution < -0.4 is 5.73 Å². The van der Waals surface area contributed by atoms with Crippen molar-refractivity contribution in [2.45, 2.75) is 0 Å². The second-order valence-corrected chi connectivity index (χ2v) is 3.16. The molecule has 0 aromatic carbocycles. The summed E-state index contributed by atoms with van der Waals surface area (Å²) in [5, 5.41) is 0.985. The Balaban J connectivity index is 2.90. The molecule has 3 nitrogen and oxygen atoms in total. The number of hydrogen-bond donors (Lipinski definition) is 1. The lowest BCUT2D eigenvalue weighted by molar-refractivity contribution is 1.17. The van der Waals surface area contributed by atoms with Gasteiger partial charge in [-0.3, -0.25) is 4.40 Å². The first kappa shape index (κ1) is 7.71. The van der Waals surface area contributed by atoms with Gasteiger partial charge in [0.1, 0.15) is 0 Å². The molecule has 0 aliphatic heterocycles. The Hall–Kier alpha value is -0.930. The van der Waals surface area contributed by atoms with Crippen LogP contribution in [0.2, 0.25) is 10.2 Å². The summed E-state index contributed by atoms with van der Waals surface area (Å²) in [5.41, 5.74) is 6.28. The number of nitrogens with two attached hydrogens (primary N) is 1. The Labute approximate surface area is 78.7 Å². The second-order valence-electron chi connectivity index (χ2n) is 2.36. The van der Waals surface area contributed by atoms with E-state index in [0.717, 1.165) is 5.52 Å². The first-order chi connectivity index (χ1) is 5.68. The van der Waals surface area contributed by atoms with Crippen LogP contribution in [0.15, 0.2) is 18.3 Å². The van der Waals surface area contributed by atoms with Gasteiger partial charge >= 0.3 is 0 Å². The fourth-order valence-corrected chi connectivity index (χ4v) is 1.44. The summed E-state index contributed by atoms with van der Waals surface area (Å²) < 4.78 is 1.67. The maximum Gasteiger partial charge on any atom is 0.206 e. The first-order valence-electron chi connectivity index (χ1n) is 3.27. The maximum atomic E-state index is 5.78. The third kappa shape index (κ3) is 1.02. The van der Waals surface area contributed by atoms with E-state index in [0.29, 0.717) is 16.1 Å². The van der Waals surface area contributed by atoms with E-state index >= 15 is 0 Å². The third-order valence-corrected chi connectivity index (χ3v) is 2.10. The zero-order valence-corrected chi connectivity index (χ0v) is 7.47. The number of nitrogens with zero attached hydrogens (tertiary/aromatic N) is 2. The molecular formula is C7H5Cl2N3. The molecule has 0 fully saturated rings. The number of rotatable bonds is 0. The highest BCUT2D eigenvalue weighted by Gasteiger charge is 2.05. The average molecular weight is 202 g/mol. The van der Waals surface area contributed by atoms with Gasteiger partial charge in [-0.1, -0.05) is 23.2 Å². The van der Waals surface area contributed by atoms with Gasteiger partial charge in [0.15, 0.2) is 5.15 Å². The van der Waals surface area contributed by atoms with Crippen LogP contribution in [0.4, 0.5) is 5.95 Å². The van der Waals surface area contributed by atoms with E-state index in [1.54, 1.807) is 22.7 Å². The van der Waals surface area contributed by atoms with E-state index in [2.05, 4.69) is 4.98 Å². The van der Waals surface area contributed by atoms with Gasteiger partial charge in [-0.25, -0.2) is 4.98 Å². The molecule has 0 atom stereocenters. The quantitative estimate of drug-likeness (QED) is 0.711. The lowest BCUT2D eigenvalue weighted by Crippen LogP contribution is -1.92. The Kier molecular flexibility index (Phi) is 1.63. The molecule has 2 N–H and O–H groups in total. The van der Waals surface area contributed by atoms with Gasteiger partial charge in [0.25, 0.3) is 0 Å². The molecule has 0 unspecified atom stereocenters. The van der Waals surface area contributed by atoms with Crippen molar-refractivity contribution in [1.29, 1.82) is 0 Å². The molecule has 0 spiro atoms. The minimum absolute atomic E-state index is 0.367. The molecule has 2 heterocycles. The molecule has 5 heteroatoms. The topological polar surface area (TPSA) is 43.3 Å². The number of imidazole rings is 1. The molecule has 0 bridgehead atoms. The van der Waals surface area contributed by atoms with Crippen LogP contribution in [0.5, 0.6) is 0 Å². The van der Waals surface area contributed by atoms with Gasteiger partial charge in [-0.15, -0.1) is 0 Å². The van der Waals surface area contributed by atoms with E-state index in [1.165, 1.54) is 0 Å². The molecule has 0 aliphatic rings. The molecule has 0 saturated carbocycles. The predicted octanol–water partition coefficient (Wildman–Crippen LogP) is 2.22. The Morgan fingerprint density at radius 1 is 1.42 bits per heavy atom. The summed E-state index contributed by atoms with van der Waals surface area (Å²) in [6.45, 7) is 0. The molecule has 0 aliphatic carbocycles. The SMILES string of the molecule is Nc1nc(Cl)c2cc(Cl)ccn12. The van der Waals surface area contributed by atoms with Crippen LogP contribution in [0.3, 0.4) is 0 Å². The lowest BCUT2D eigenvalue weighted by Gasteiger charge is -1.94. The van der Waals surface area contributed by atoms with Crippen molar-refractivity contribution in [2.75, 3.05) is 5.73 Å². The highest BCUT2D eigenvalue weighted by atomic mass is 35.5. The number of pyridine rings is 1. The number of anilines is 1. The van der Waals surface area contributed by atoms with Gasteiger partial charge in [0, 0.05) is 11.2 Å². The van der Waals surface area contributed by atoms with Crippen LogP contribution in [0.25, 0.3) is 5.52 Å². The fourth-order valence-electron chi connectivity index (χ4n) is 1.04. The van der Waals surface area contributed by atoms with Crippen LogP contribution in [-0.2, 0) is 0 Å². The summed E-state index contributed by atoms with van der Waals surface area (Å²) in [5.74, 6) is 0.367. The van der Waals surface area contributed by atoms with Gasteiger partial charge in [-0.2, -0.15) is 0 Å². The van der Waals surface area contributed by atoms with E-state index in [4.69, 9.17) is 28.9 Å². The second kappa shape index (κ2) is 2.54. The van der Waals surface area contributed by atoms with E-state index < -0.39 is 0 Å². The van der Waals surface area contributed by atoms with Crippen LogP contribution in [0.1, 0.15) is 0 Å². The molecule has 2 aromatic heterocycles. The summed E-state index contributed by atoms with van der Waals surface area (Å²) in [4.78, 5) is 3.88. The third-order valence-electron chi connectivity index (χ3n) is 1.59. The average Bonchev–Trinajstić information content (AvgIpc) is 2.28. The van der Waals surface area contributed by atoms with Gasteiger partial charge < -0.3 is 5.73 Å². The minimum atomic E-state index is 0.367. The van der Waals surface area contributed by atoms with Gasteiger partial charge in [0.05, 0.1) is 5.52 Å². The number of hydrogen-bond acceptors (Lipinski definition) is 2. The molecule has 2 rings (SSSR count). The van der Waals surface area contributed by atoms with Crippen molar-refractivity contribution in [1.82, 2.24) is 9.38 Å². The van der Waals surface area contributed by atoms with Crippen LogP contribution in [-0.4, -0.2) is 9.38 Å². The predicted molar refractivity (Wildman–Crippen MR) is 49.6 cm³/mol. The highest BCUT2D eigenvalue weighted by molar-refractivity contribution is 6.34. The highest BCUT2D eigenvalue weighted by Crippen LogP contribution is 2.22. The molecule has 0 radical (unpaired) electrons. The van der Waals surface area contributed by atoms with Crippen molar-refractivity contribution in [3.05, 3.63) is 28.5 Å². The monoisotopic (exact) mass is 201 g/mol. The van der Waals surface area contributed by atoms with Gasteiger partial charge in [0.2, 0.25) is 5.95 Å². The fraction of sp³-hybridized carbons (Fsp3) is 0. The standard InChI is InChI=1S/C7H5Cl2N3/c8-4-1-2-12-5(3-4)6(9)11-7(12)10/h1-3H,(H2,10,11). The van der Waals surface area contributed by atoms with E-state index in [9.17, 15) is 0 Å². The Morgan fingerprint density at radius 2 is 2.17 bits per heavy atom. The molecule has 12 heavy (non-hydrogen) atoms. The number of nitrogen functional groups attached to an aromatic ring is 1. The van der Waals surface area contributed by atoms with Crippen LogP contribution in [0, 0.1) is 0 Å². The summed E-state index contributed by atoms with van der Waals surface area (Å²) in [6, 6.07) is 3.44. The summed E-state index contributed by atoms with van der Waals surface area (Å²) >= 11 is 11.5. The summed E-state index contributed by atoms with van der Waals surface area (Å²) in [7, 11) is 0. The first-order valence-corrected chi connectivity index (χ1v) is 4.02. The summed E-state index contributed by atoms with van der Waals surface area (Å²) in [6.07, 6.45) is 1.73. The largest absolute Gasteiger partial charge is 0.369 e. The molecule has 0 amide bonds. The lowest BCUT2D eigenvalue weighted by atomic mass is 10.4. The Morgan fingerprint density at radius 3 is 2.92 bits per heavy atom.